The van der Waals surface area contributed by atoms with Crippen LogP contribution in [0.5, 0.6) is 0 Å². The molecule has 0 aromatic heterocycles. The number of aliphatic imine (C=N–C) groups is 1. The minimum atomic E-state index is -3.12. The Labute approximate surface area is 157 Å². The fourth-order valence-corrected chi connectivity index (χ4v) is 2.98. The largest absolute Gasteiger partial charge is 0.379 e. The average Bonchev–Trinajstić information content (AvgIpc) is 2.43. The minimum absolute atomic E-state index is 0. The molecule has 0 aliphatic carbocycles. The van der Waals surface area contributed by atoms with Crippen molar-refractivity contribution in [2.45, 2.75) is 31.9 Å². The van der Waals surface area contributed by atoms with Crippen LogP contribution in [0.1, 0.15) is 27.2 Å². The number of nitrogens with one attached hydrogen (secondary N) is 1. The molecular weight excluding hydrogens is 431 g/mol. The molecule has 0 aromatic rings. The lowest BCUT2D eigenvalue weighted by atomic mass is 10.3. The molecule has 1 fully saturated rings. The van der Waals surface area contributed by atoms with Crippen molar-refractivity contribution in [2.75, 3.05) is 51.7 Å². The molecule has 0 amide bonds. The van der Waals surface area contributed by atoms with Gasteiger partial charge in [-0.1, -0.05) is 0 Å². The molecule has 138 valence electrons. The van der Waals surface area contributed by atoms with E-state index in [-0.39, 0.29) is 29.7 Å². The van der Waals surface area contributed by atoms with Crippen LogP contribution < -0.4 is 11.1 Å². The zero-order valence-electron chi connectivity index (χ0n) is 14.4. The van der Waals surface area contributed by atoms with E-state index in [0.29, 0.717) is 19.0 Å². The Kier molecular flexibility index (Phi) is 10.6. The maximum absolute atomic E-state index is 11.9. The summed E-state index contributed by atoms with van der Waals surface area (Å²) in [6.07, 6.45) is 0.933. The summed E-state index contributed by atoms with van der Waals surface area (Å²) in [6, 6.07) is 0. The number of ether oxygens (including phenoxy) is 1. The van der Waals surface area contributed by atoms with Crippen LogP contribution in [-0.4, -0.2) is 75.7 Å². The highest BCUT2D eigenvalue weighted by atomic mass is 127. The first-order valence-corrected chi connectivity index (χ1v) is 9.44. The smallest absolute Gasteiger partial charge is 0.188 e. The molecule has 23 heavy (non-hydrogen) atoms. The first-order valence-electron chi connectivity index (χ1n) is 7.78. The Morgan fingerprint density at radius 2 is 1.91 bits per heavy atom. The zero-order valence-corrected chi connectivity index (χ0v) is 17.5. The van der Waals surface area contributed by atoms with Crippen LogP contribution in [0.3, 0.4) is 0 Å². The number of morpholine rings is 1. The first kappa shape index (κ1) is 22.9. The highest BCUT2D eigenvalue weighted by molar-refractivity contribution is 14.0. The lowest BCUT2D eigenvalue weighted by Gasteiger charge is -2.26. The van der Waals surface area contributed by atoms with E-state index in [1.807, 2.05) is 0 Å². The van der Waals surface area contributed by atoms with Crippen LogP contribution in [-0.2, 0) is 14.6 Å². The monoisotopic (exact) mass is 462 g/mol. The quantitative estimate of drug-likeness (QED) is 0.247. The summed E-state index contributed by atoms with van der Waals surface area (Å²) < 4.78 is 28.4. The summed E-state index contributed by atoms with van der Waals surface area (Å²) in [5, 5.41) is 2.86. The van der Waals surface area contributed by atoms with Gasteiger partial charge < -0.3 is 15.8 Å². The molecule has 0 saturated carbocycles. The van der Waals surface area contributed by atoms with Crippen LogP contribution in [0.15, 0.2) is 4.99 Å². The van der Waals surface area contributed by atoms with Crippen molar-refractivity contribution in [2.24, 2.45) is 10.7 Å². The van der Waals surface area contributed by atoms with Gasteiger partial charge in [-0.05, 0) is 27.2 Å². The number of sulfone groups is 1. The van der Waals surface area contributed by atoms with E-state index in [2.05, 4.69) is 15.2 Å². The minimum Gasteiger partial charge on any atom is -0.379 e. The van der Waals surface area contributed by atoms with Gasteiger partial charge in [0, 0.05) is 32.7 Å². The Morgan fingerprint density at radius 1 is 1.30 bits per heavy atom. The van der Waals surface area contributed by atoms with Gasteiger partial charge in [-0.2, -0.15) is 0 Å². The third kappa shape index (κ3) is 9.06. The van der Waals surface area contributed by atoms with Crippen molar-refractivity contribution in [1.82, 2.24) is 10.2 Å². The molecule has 0 bridgehead atoms. The summed E-state index contributed by atoms with van der Waals surface area (Å²) in [6.45, 7) is 10.6. The second kappa shape index (κ2) is 10.7. The Morgan fingerprint density at radius 3 is 2.48 bits per heavy atom. The van der Waals surface area contributed by atoms with Gasteiger partial charge in [0.2, 0.25) is 0 Å². The van der Waals surface area contributed by atoms with Crippen LogP contribution in [0.25, 0.3) is 0 Å². The van der Waals surface area contributed by atoms with E-state index in [0.717, 1.165) is 39.3 Å². The molecule has 7 nitrogen and oxygen atoms in total. The van der Waals surface area contributed by atoms with Crippen molar-refractivity contribution >= 4 is 39.8 Å². The second-order valence-electron chi connectivity index (χ2n) is 6.43. The average molecular weight is 462 g/mol. The number of nitrogens with zero attached hydrogens (tertiary/aromatic N) is 2. The molecule has 3 N–H and O–H groups in total. The van der Waals surface area contributed by atoms with Crippen LogP contribution in [0, 0.1) is 0 Å². The fourth-order valence-electron chi connectivity index (χ4n) is 1.99. The molecule has 0 aromatic carbocycles. The molecule has 9 heteroatoms. The molecule has 0 radical (unpaired) electrons. The Balaban J connectivity index is 0.00000484. The SMILES string of the molecule is CC(C)(C)S(=O)(=O)CCNC(N)=NCCCN1CCOCC1.I. The summed E-state index contributed by atoms with van der Waals surface area (Å²) in [7, 11) is -3.12. The summed E-state index contributed by atoms with van der Waals surface area (Å²) in [4.78, 5) is 6.57. The molecule has 1 saturated heterocycles. The molecule has 1 aliphatic rings. The van der Waals surface area contributed by atoms with Crippen molar-refractivity contribution in [3.8, 4) is 0 Å². The van der Waals surface area contributed by atoms with E-state index in [1.165, 1.54) is 0 Å². The lowest BCUT2D eigenvalue weighted by molar-refractivity contribution is 0.0377. The molecule has 0 unspecified atom stereocenters. The van der Waals surface area contributed by atoms with Gasteiger partial charge in [-0.3, -0.25) is 9.89 Å². The van der Waals surface area contributed by atoms with E-state index in [1.54, 1.807) is 20.8 Å². The van der Waals surface area contributed by atoms with Crippen LogP contribution in [0.2, 0.25) is 0 Å². The zero-order chi connectivity index (χ0) is 16.6. The predicted molar refractivity (Wildman–Crippen MR) is 105 cm³/mol. The number of nitrogens with two attached hydrogens (primary N) is 1. The van der Waals surface area contributed by atoms with E-state index < -0.39 is 14.6 Å². The van der Waals surface area contributed by atoms with Gasteiger partial charge in [0.1, 0.15) is 0 Å². The highest BCUT2D eigenvalue weighted by Crippen LogP contribution is 2.15. The fraction of sp³-hybridized carbons (Fsp3) is 0.929. The van der Waals surface area contributed by atoms with Gasteiger partial charge in [0.15, 0.2) is 15.8 Å². The molecule has 1 rings (SSSR count). The lowest BCUT2D eigenvalue weighted by Crippen LogP contribution is -2.39. The van der Waals surface area contributed by atoms with Crippen molar-refractivity contribution < 1.29 is 13.2 Å². The van der Waals surface area contributed by atoms with Crippen LogP contribution in [0.4, 0.5) is 0 Å². The predicted octanol–water partition coefficient (Wildman–Crippen LogP) is 0.444. The number of halogens is 1. The molecule has 0 atom stereocenters. The topological polar surface area (TPSA) is 97.0 Å². The van der Waals surface area contributed by atoms with E-state index in [9.17, 15) is 8.42 Å². The van der Waals surface area contributed by atoms with Gasteiger partial charge in [-0.15, -0.1) is 24.0 Å². The van der Waals surface area contributed by atoms with Gasteiger partial charge >= 0.3 is 0 Å². The number of hydrogen-bond acceptors (Lipinski definition) is 5. The summed E-state index contributed by atoms with van der Waals surface area (Å²) >= 11 is 0. The maximum atomic E-state index is 11.9. The van der Waals surface area contributed by atoms with Gasteiger partial charge in [0.25, 0.3) is 0 Å². The summed E-state index contributed by atoms with van der Waals surface area (Å²) in [5.74, 6) is 0.367. The number of hydrogen-bond donors (Lipinski definition) is 2. The Bertz CT molecular complexity index is 457. The summed E-state index contributed by atoms with van der Waals surface area (Å²) in [5.41, 5.74) is 5.74. The molecule has 0 spiro atoms. The molecule has 1 heterocycles. The van der Waals surface area contributed by atoms with Gasteiger partial charge in [-0.25, -0.2) is 8.42 Å². The third-order valence-corrected chi connectivity index (χ3v) is 6.24. The number of guanidine groups is 1. The standard InChI is InChI=1S/C14H30N4O3S.HI/c1-14(2,3)22(19,20)12-6-17-13(15)16-5-4-7-18-8-10-21-11-9-18;/h4-12H2,1-3H3,(H3,15,16,17);1H. The second-order valence-corrected chi connectivity index (χ2v) is 9.30. The van der Waals surface area contributed by atoms with Crippen molar-refractivity contribution in [1.29, 1.82) is 0 Å². The normalized spacial score (nSPS) is 17.6. The maximum Gasteiger partial charge on any atom is 0.188 e. The molecular formula is C14H31IN4O3S. The third-order valence-electron chi connectivity index (χ3n) is 3.63. The van der Waals surface area contributed by atoms with E-state index >= 15 is 0 Å². The Hall–Kier alpha value is -0.130. The van der Waals surface area contributed by atoms with E-state index in [4.69, 9.17) is 10.5 Å². The number of rotatable bonds is 7. The molecule has 1 aliphatic heterocycles. The highest BCUT2D eigenvalue weighted by Gasteiger charge is 2.28. The van der Waals surface area contributed by atoms with Crippen LogP contribution >= 0.6 is 24.0 Å². The first-order chi connectivity index (χ1) is 10.2. The van der Waals surface area contributed by atoms with Gasteiger partial charge in [0.05, 0.1) is 23.7 Å². The van der Waals surface area contributed by atoms with Crippen molar-refractivity contribution in [3.05, 3.63) is 0 Å². The van der Waals surface area contributed by atoms with Crippen molar-refractivity contribution in [3.63, 3.8) is 0 Å².